The Hall–Kier alpha value is -2.56. The second-order valence-corrected chi connectivity index (χ2v) is 9.44. The van der Waals surface area contributed by atoms with E-state index in [1.807, 2.05) is 52.0 Å². The number of H-pyrrole nitrogens is 2. The molecule has 8 nitrogen and oxygen atoms in total. The predicted octanol–water partition coefficient (Wildman–Crippen LogP) is 4.20. The number of hydrogen-bond donors (Lipinski definition) is 2. The highest BCUT2D eigenvalue weighted by atomic mass is 79.9. The molecule has 3 heterocycles. The number of methoxy groups -OCH3 is 2. The number of benzene rings is 2. The van der Waals surface area contributed by atoms with Crippen LogP contribution < -0.4 is 14.9 Å². The summed E-state index contributed by atoms with van der Waals surface area (Å²) >= 11 is 3.42. The van der Waals surface area contributed by atoms with Gasteiger partial charge in [0, 0.05) is 20.7 Å². The molecule has 0 bridgehead atoms. The molecule has 1 aliphatic heterocycles. The molecule has 0 unspecified atom stereocenters. The van der Waals surface area contributed by atoms with E-state index in [0.717, 1.165) is 43.2 Å². The summed E-state index contributed by atoms with van der Waals surface area (Å²) in [5.74, 6) is 1.60. The third-order valence-electron chi connectivity index (χ3n) is 6.01. The van der Waals surface area contributed by atoms with Gasteiger partial charge in [-0.05, 0) is 67.9 Å². The van der Waals surface area contributed by atoms with Gasteiger partial charge in [0.2, 0.25) is 0 Å². The lowest BCUT2D eigenvalue weighted by molar-refractivity contribution is 0.00578. The minimum atomic E-state index is -0.432. The summed E-state index contributed by atoms with van der Waals surface area (Å²) in [5.41, 5.74) is 2.09. The van der Waals surface area contributed by atoms with Gasteiger partial charge in [-0.15, -0.1) is 0 Å². The molecule has 0 amide bonds. The van der Waals surface area contributed by atoms with Crippen molar-refractivity contribution in [2.75, 3.05) is 14.2 Å². The summed E-state index contributed by atoms with van der Waals surface area (Å²) in [7, 11) is 2.86. The molecule has 5 rings (SSSR count). The molecule has 0 saturated carbocycles. The lowest BCUT2D eigenvalue weighted by Crippen LogP contribution is -2.41. The van der Waals surface area contributed by atoms with E-state index in [4.69, 9.17) is 18.8 Å². The zero-order chi connectivity index (χ0) is 23.1. The third-order valence-corrected chi connectivity index (χ3v) is 6.63. The summed E-state index contributed by atoms with van der Waals surface area (Å²) in [6.07, 6.45) is 3.54. The van der Waals surface area contributed by atoms with Crippen molar-refractivity contribution in [2.45, 2.75) is 38.9 Å². The van der Waals surface area contributed by atoms with Gasteiger partial charge in [-0.3, -0.25) is 10.2 Å². The molecule has 0 atom stereocenters. The Morgan fingerprint density at radius 2 is 1.31 bits per heavy atom. The standard InChI is InChI=1S/C14H19BN2O3.C8H7BrN2O/c1-13(2)14(3,4)20-15(19-13)11-7-10(18-5)6-9-8-16-17-12(9)11;1-12-6-2-5-4-10-11-8(5)7(9)3-6/h6-8H,1-5H3,(H,16,17);2-4H,1H3,(H,10,11). The maximum atomic E-state index is 6.10. The number of fused-ring (bicyclic) bond motifs is 2. The quantitative estimate of drug-likeness (QED) is 0.409. The van der Waals surface area contributed by atoms with Crippen molar-refractivity contribution >= 4 is 50.3 Å². The van der Waals surface area contributed by atoms with Gasteiger partial charge in [0.1, 0.15) is 11.5 Å². The van der Waals surface area contributed by atoms with Crippen molar-refractivity contribution in [3.8, 4) is 11.5 Å². The average molecular weight is 501 g/mol. The van der Waals surface area contributed by atoms with Gasteiger partial charge in [-0.25, -0.2) is 0 Å². The third kappa shape index (κ3) is 4.10. The number of nitrogens with zero attached hydrogens (tertiary/aromatic N) is 2. The molecule has 1 aliphatic rings. The molecule has 32 heavy (non-hydrogen) atoms. The van der Waals surface area contributed by atoms with Gasteiger partial charge < -0.3 is 18.8 Å². The fourth-order valence-electron chi connectivity index (χ4n) is 3.44. The first-order valence-corrected chi connectivity index (χ1v) is 11.0. The van der Waals surface area contributed by atoms with Crippen molar-refractivity contribution in [3.63, 3.8) is 0 Å². The van der Waals surface area contributed by atoms with Crippen LogP contribution in [0.4, 0.5) is 0 Å². The van der Waals surface area contributed by atoms with Gasteiger partial charge in [0.25, 0.3) is 0 Å². The number of nitrogens with one attached hydrogen (secondary N) is 2. The van der Waals surface area contributed by atoms with Gasteiger partial charge in [0.05, 0.1) is 48.8 Å². The molecule has 2 aromatic carbocycles. The Morgan fingerprint density at radius 1 is 0.812 bits per heavy atom. The maximum absolute atomic E-state index is 6.10. The fraction of sp³-hybridized carbons (Fsp3) is 0.364. The number of rotatable bonds is 3. The van der Waals surface area contributed by atoms with E-state index < -0.39 is 7.12 Å². The predicted molar refractivity (Wildman–Crippen MR) is 129 cm³/mol. The summed E-state index contributed by atoms with van der Waals surface area (Å²) in [6.45, 7) is 8.16. The van der Waals surface area contributed by atoms with Gasteiger partial charge >= 0.3 is 7.12 Å². The highest BCUT2D eigenvalue weighted by Gasteiger charge is 2.52. The summed E-state index contributed by atoms with van der Waals surface area (Å²) < 4.78 is 23.6. The highest BCUT2D eigenvalue weighted by molar-refractivity contribution is 9.10. The van der Waals surface area contributed by atoms with E-state index in [-0.39, 0.29) is 11.2 Å². The number of hydrogen-bond acceptors (Lipinski definition) is 6. The van der Waals surface area contributed by atoms with Gasteiger partial charge in [0.15, 0.2) is 0 Å². The topological polar surface area (TPSA) is 94.3 Å². The zero-order valence-electron chi connectivity index (χ0n) is 18.9. The van der Waals surface area contributed by atoms with Crippen LogP contribution in [-0.2, 0) is 9.31 Å². The second kappa shape index (κ2) is 8.42. The minimum absolute atomic E-state index is 0.368. The molecular formula is C22H26BBrN4O4. The average Bonchev–Trinajstić information content (AvgIpc) is 3.45. The van der Waals surface area contributed by atoms with Crippen LogP contribution in [0.1, 0.15) is 27.7 Å². The first kappa shape index (κ1) is 22.6. The van der Waals surface area contributed by atoms with Crippen molar-refractivity contribution in [3.05, 3.63) is 41.1 Å². The molecule has 10 heteroatoms. The van der Waals surface area contributed by atoms with Crippen molar-refractivity contribution < 1.29 is 18.8 Å². The number of ether oxygens (including phenoxy) is 2. The molecule has 2 N–H and O–H groups in total. The van der Waals surface area contributed by atoms with E-state index in [0.29, 0.717) is 0 Å². The van der Waals surface area contributed by atoms with Crippen molar-refractivity contribution in [1.29, 1.82) is 0 Å². The fourth-order valence-corrected chi connectivity index (χ4v) is 3.98. The molecule has 168 valence electrons. The van der Waals surface area contributed by atoms with Crippen LogP contribution in [0.3, 0.4) is 0 Å². The minimum Gasteiger partial charge on any atom is -0.497 e. The normalized spacial score (nSPS) is 16.8. The molecule has 2 aromatic heterocycles. The number of aromatic nitrogens is 4. The van der Waals surface area contributed by atoms with Crippen LogP contribution in [0.2, 0.25) is 0 Å². The lowest BCUT2D eigenvalue weighted by Gasteiger charge is -2.32. The van der Waals surface area contributed by atoms with Crippen molar-refractivity contribution in [1.82, 2.24) is 20.4 Å². The van der Waals surface area contributed by atoms with Crippen molar-refractivity contribution in [2.24, 2.45) is 0 Å². The Kier molecular flexibility index (Phi) is 5.95. The molecule has 1 fully saturated rings. The van der Waals surface area contributed by atoms with Crippen LogP contribution >= 0.6 is 15.9 Å². The van der Waals surface area contributed by atoms with E-state index in [2.05, 4.69) is 36.3 Å². The maximum Gasteiger partial charge on any atom is 0.497 e. The monoisotopic (exact) mass is 500 g/mol. The summed E-state index contributed by atoms with van der Waals surface area (Å²) in [4.78, 5) is 0. The van der Waals surface area contributed by atoms with E-state index in [9.17, 15) is 0 Å². The Morgan fingerprint density at radius 3 is 1.88 bits per heavy atom. The molecule has 0 aliphatic carbocycles. The number of halogens is 1. The first-order chi connectivity index (χ1) is 15.1. The van der Waals surface area contributed by atoms with Crippen LogP contribution in [0, 0.1) is 0 Å². The summed E-state index contributed by atoms with van der Waals surface area (Å²) in [5, 5.41) is 15.9. The zero-order valence-corrected chi connectivity index (χ0v) is 20.5. The van der Waals surface area contributed by atoms with E-state index >= 15 is 0 Å². The number of aromatic amines is 2. The second-order valence-electron chi connectivity index (χ2n) is 8.58. The molecule has 4 aromatic rings. The Labute approximate surface area is 195 Å². The first-order valence-electron chi connectivity index (χ1n) is 10.2. The van der Waals surface area contributed by atoms with Gasteiger partial charge in [-0.2, -0.15) is 10.2 Å². The van der Waals surface area contributed by atoms with Crippen LogP contribution in [0.5, 0.6) is 11.5 Å². The van der Waals surface area contributed by atoms with Crippen LogP contribution in [0.15, 0.2) is 41.1 Å². The molecule has 0 radical (unpaired) electrons. The highest BCUT2D eigenvalue weighted by Crippen LogP contribution is 2.37. The smallest absolute Gasteiger partial charge is 0.497 e. The molecular weight excluding hydrogens is 475 g/mol. The Bertz CT molecular complexity index is 1240. The van der Waals surface area contributed by atoms with E-state index in [1.54, 1.807) is 26.6 Å². The van der Waals surface area contributed by atoms with Crippen LogP contribution in [-0.4, -0.2) is 52.9 Å². The summed E-state index contributed by atoms with van der Waals surface area (Å²) in [6, 6.07) is 7.71. The van der Waals surface area contributed by atoms with Gasteiger partial charge in [-0.1, -0.05) is 0 Å². The van der Waals surface area contributed by atoms with Crippen LogP contribution in [0.25, 0.3) is 21.8 Å². The largest absolute Gasteiger partial charge is 0.497 e. The Balaban J connectivity index is 0.000000174. The lowest BCUT2D eigenvalue weighted by atomic mass is 9.77. The SMILES string of the molecule is COc1cc(B2OC(C)(C)C(C)(C)O2)c2[nH]ncc2c1.COc1cc(Br)c2[nH]ncc2c1. The molecule has 1 saturated heterocycles. The molecule has 0 spiro atoms. The van der Waals surface area contributed by atoms with E-state index in [1.165, 1.54) is 0 Å².